The molecule has 3 aromatic heterocycles. The minimum Gasteiger partial charge on any atom is -0.391 e. The molecular formula is C26H35F2N7O2. The average molecular weight is 516 g/mol. The molecule has 0 saturated heterocycles. The van der Waals surface area contributed by atoms with Crippen LogP contribution in [-0.2, 0) is 0 Å². The second-order valence-corrected chi connectivity index (χ2v) is 10.7. The first-order valence-corrected chi connectivity index (χ1v) is 13.3. The van der Waals surface area contributed by atoms with Crippen LogP contribution in [0.3, 0.4) is 0 Å². The van der Waals surface area contributed by atoms with E-state index in [1.807, 2.05) is 0 Å². The zero-order valence-electron chi connectivity index (χ0n) is 21.3. The molecule has 3 N–H and O–H groups in total. The molecular weight excluding hydrogens is 480 g/mol. The van der Waals surface area contributed by atoms with Gasteiger partial charge in [0.15, 0.2) is 11.3 Å². The highest BCUT2D eigenvalue weighted by molar-refractivity contribution is 6.08. The summed E-state index contributed by atoms with van der Waals surface area (Å²) < 4.78 is 30.7. The van der Waals surface area contributed by atoms with Crippen LogP contribution in [0.5, 0.6) is 0 Å². The van der Waals surface area contributed by atoms with Gasteiger partial charge in [-0.15, -0.1) is 0 Å². The van der Waals surface area contributed by atoms with Crippen molar-refractivity contribution in [1.82, 2.24) is 24.4 Å². The number of carbonyl (C=O) groups excluding carboxylic acids is 1. The lowest BCUT2D eigenvalue weighted by atomic mass is 9.80. The molecule has 0 bridgehead atoms. The van der Waals surface area contributed by atoms with Crippen LogP contribution >= 0.6 is 0 Å². The number of hydrogen-bond acceptors (Lipinski definition) is 6. The Labute approximate surface area is 214 Å². The molecule has 0 aromatic carbocycles. The van der Waals surface area contributed by atoms with E-state index in [1.165, 1.54) is 16.9 Å². The molecule has 37 heavy (non-hydrogen) atoms. The molecule has 2 atom stereocenters. The van der Waals surface area contributed by atoms with Crippen molar-refractivity contribution in [3.8, 4) is 0 Å². The first kappa shape index (κ1) is 25.6. The maximum atomic E-state index is 13.8. The topological polar surface area (TPSA) is 109 Å². The third-order valence-corrected chi connectivity index (χ3v) is 7.95. The van der Waals surface area contributed by atoms with Crippen LogP contribution in [0.25, 0.3) is 5.65 Å². The molecule has 0 radical (unpaired) electrons. The fourth-order valence-corrected chi connectivity index (χ4v) is 5.65. The van der Waals surface area contributed by atoms with Gasteiger partial charge in [-0.2, -0.15) is 10.2 Å². The van der Waals surface area contributed by atoms with Gasteiger partial charge in [0.25, 0.3) is 12.3 Å². The van der Waals surface area contributed by atoms with E-state index in [1.54, 1.807) is 16.9 Å². The molecule has 3 heterocycles. The number of nitrogens with zero attached hydrogens (tertiary/aromatic N) is 5. The van der Waals surface area contributed by atoms with Crippen molar-refractivity contribution in [2.24, 2.45) is 11.8 Å². The fraction of sp³-hybridized carbons (Fsp3) is 0.615. The number of anilines is 2. The number of halogens is 2. The van der Waals surface area contributed by atoms with Crippen LogP contribution in [0.2, 0.25) is 0 Å². The molecule has 5 rings (SSSR count). The summed E-state index contributed by atoms with van der Waals surface area (Å²) in [6.07, 6.45) is 8.72. The standard InChI is InChI=1S/C26H35F2N7O2/c1-15(2)16-7-9-17(10-8-16)35-14-20(23(33-35)24(27)28)31-26(37)18-13-29-34-12-11-22(32-25(18)34)30-19-5-3-4-6-21(19)36/h11-17,19,21,24,36H,3-10H2,1-2H3,(H,30,32)(H,31,37)/t16?,17?,19-,21+/m0/s1. The highest BCUT2D eigenvalue weighted by Crippen LogP contribution is 2.37. The van der Waals surface area contributed by atoms with E-state index >= 15 is 0 Å². The van der Waals surface area contributed by atoms with Gasteiger partial charge in [-0.3, -0.25) is 9.48 Å². The Hall–Kier alpha value is -3.08. The Morgan fingerprint density at radius 1 is 1.14 bits per heavy atom. The second-order valence-electron chi connectivity index (χ2n) is 10.7. The van der Waals surface area contributed by atoms with Crippen molar-refractivity contribution in [3.63, 3.8) is 0 Å². The summed E-state index contributed by atoms with van der Waals surface area (Å²) in [6.45, 7) is 4.43. The summed E-state index contributed by atoms with van der Waals surface area (Å²) >= 11 is 0. The molecule has 3 aromatic rings. The Bertz CT molecular complexity index is 1230. The molecule has 0 spiro atoms. The van der Waals surface area contributed by atoms with Crippen LogP contribution in [-0.4, -0.2) is 47.5 Å². The number of aliphatic hydroxyl groups excluding tert-OH is 1. The lowest BCUT2D eigenvalue weighted by Gasteiger charge is -2.30. The van der Waals surface area contributed by atoms with Gasteiger partial charge in [-0.05, 0) is 56.4 Å². The van der Waals surface area contributed by atoms with Crippen molar-refractivity contribution in [1.29, 1.82) is 0 Å². The number of amides is 1. The van der Waals surface area contributed by atoms with Gasteiger partial charge in [-0.25, -0.2) is 18.3 Å². The predicted octanol–water partition coefficient (Wildman–Crippen LogP) is 5.22. The van der Waals surface area contributed by atoms with Crippen molar-refractivity contribution in [2.45, 2.75) is 89.8 Å². The lowest BCUT2D eigenvalue weighted by molar-refractivity contribution is 0.102. The largest absolute Gasteiger partial charge is 0.391 e. The van der Waals surface area contributed by atoms with Gasteiger partial charge in [-0.1, -0.05) is 26.7 Å². The molecule has 1 amide bonds. The second kappa shape index (κ2) is 10.7. The van der Waals surface area contributed by atoms with E-state index in [9.17, 15) is 18.7 Å². The van der Waals surface area contributed by atoms with Gasteiger partial charge in [0.05, 0.1) is 30.1 Å². The predicted molar refractivity (Wildman–Crippen MR) is 136 cm³/mol. The van der Waals surface area contributed by atoms with Crippen LogP contribution in [0.4, 0.5) is 20.3 Å². The molecule has 0 aliphatic heterocycles. The maximum Gasteiger partial charge on any atom is 0.284 e. The molecule has 0 unspecified atom stereocenters. The van der Waals surface area contributed by atoms with E-state index in [-0.39, 0.29) is 23.3 Å². The minimum absolute atomic E-state index is 0.00457. The third kappa shape index (κ3) is 5.46. The number of aromatic nitrogens is 5. The summed E-state index contributed by atoms with van der Waals surface area (Å²) in [5.41, 5.74) is 0.0337. The van der Waals surface area contributed by atoms with Crippen molar-refractivity contribution >= 4 is 23.1 Å². The zero-order chi connectivity index (χ0) is 26.1. The van der Waals surface area contributed by atoms with Crippen molar-refractivity contribution in [3.05, 3.63) is 35.9 Å². The molecule has 11 heteroatoms. The van der Waals surface area contributed by atoms with Gasteiger partial charge < -0.3 is 15.7 Å². The summed E-state index contributed by atoms with van der Waals surface area (Å²) in [6, 6.07) is 1.66. The summed E-state index contributed by atoms with van der Waals surface area (Å²) in [4.78, 5) is 17.7. The first-order chi connectivity index (χ1) is 17.8. The van der Waals surface area contributed by atoms with Crippen molar-refractivity contribution in [2.75, 3.05) is 10.6 Å². The van der Waals surface area contributed by atoms with Crippen LogP contribution < -0.4 is 10.6 Å². The molecule has 2 aliphatic carbocycles. The normalized spacial score (nSPS) is 24.6. The minimum atomic E-state index is -2.82. The Morgan fingerprint density at radius 3 is 2.59 bits per heavy atom. The van der Waals surface area contributed by atoms with Crippen LogP contribution in [0, 0.1) is 11.8 Å². The summed E-state index contributed by atoms with van der Waals surface area (Å²) in [5, 5.41) is 24.5. The monoisotopic (exact) mass is 515 g/mol. The Morgan fingerprint density at radius 2 is 1.89 bits per heavy atom. The van der Waals surface area contributed by atoms with Crippen LogP contribution in [0.15, 0.2) is 24.7 Å². The van der Waals surface area contributed by atoms with E-state index in [0.717, 1.165) is 51.4 Å². The molecule has 2 fully saturated rings. The highest BCUT2D eigenvalue weighted by Gasteiger charge is 2.29. The maximum absolute atomic E-state index is 13.8. The number of alkyl halides is 2. The number of fused-ring (bicyclic) bond motifs is 1. The van der Waals surface area contributed by atoms with Gasteiger partial charge in [0, 0.05) is 12.4 Å². The number of rotatable bonds is 7. The highest BCUT2D eigenvalue weighted by atomic mass is 19.3. The SMILES string of the molecule is CC(C)C1CCC(n2cc(NC(=O)c3cnn4ccc(N[C@H]5CCCC[C@H]5O)nc34)c(C(F)F)n2)CC1. The molecule has 200 valence electrons. The number of carbonyl (C=O) groups is 1. The molecule has 2 saturated carbocycles. The van der Waals surface area contributed by atoms with Gasteiger partial charge in [0.1, 0.15) is 11.4 Å². The smallest absolute Gasteiger partial charge is 0.284 e. The van der Waals surface area contributed by atoms with E-state index in [4.69, 9.17) is 0 Å². The van der Waals surface area contributed by atoms with E-state index < -0.39 is 24.1 Å². The lowest BCUT2D eigenvalue weighted by Crippen LogP contribution is -2.36. The Kier molecular flexibility index (Phi) is 7.41. The Balaban J connectivity index is 1.34. The van der Waals surface area contributed by atoms with Crippen molar-refractivity contribution < 1.29 is 18.7 Å². The quantitative estimate of drug-likeness (QED) is 0.398. The first-order valence-electron chi connectivity index (χ1n) is 13.3. The van der Waals surface area contributed by atoms with E-state index in [2.05, 4.69) is 39.7 Å². The number of aliphatic hydroxyl groups is 1. The van der Waals surface area contributed by atoms with Gasteiger partial charge >= 0.3 is 0 Å². The van der Waals surface area contributed by atoms with Crippen LogP contribution in [0.1, 0.15) is 93.7 Å². The number of hydrogen-bond donors (Lipinski definition) is 3. The number of nitrogens with one attached hydrogen (secondary N) is 2. The van der Waals surface area contributed by atoms with Gasteiger partial charge in [0.2, 0.25) is 0 Å². The average Bonchev–Trinajstić information content (AvgIpc) is 3.50. The molecule has 2 aliphatic rings. The van der Waals surface area contributed by atoms with E-state index in [0.29, 0.717) is 23.3 Å². The fourth-order valence-electron chi connectivity index (χ4n) is 5.65. The molecule has 9 nitrogen and oxygen atoms in total. The summed E-state index contributed by atoms with van der Waals surface area (Å²) in [5.74, 6) is 1.19. The third-order valence-electron chi connectivity index (χ3n) is 7.95. The zero-order valence-corrected chi connectivity index (χ0v) is 21.3. The summed E-state index contributed by atoms with van der Waals surface area (Å²) in [7, 11) is 0.